The maximum absolute atomic E-state index is 14.0. The number of nitrogens with zero attached hydrogens (tertiary/aromatic N) is 1. The second-order valence-electron chi connectivity index (χ2n) is 10.0. The van der Waals surface area contributed by atoms with E-state index in [9.17, 15) is 24.1 Å². The third kappa shape index (κ3) is 6.37. The number of hydrogen-bond acceptors (Lipinski definition) is 10. The molecule has 0 bridgehead atoms. The van der Waals surface area contributed by atoms with Crippen LogP contribution < -0.4 is 15.8 Å². The zero-order valence-corrected chi connectivity index (χ0v) is 23.2. The van der Waals surface area contributed by atoms with Crippen LogP contribution in [0.25, 0.3) is 0 Å². The molecule has 3 heterocycles. The minimum Gasteiger partial charge on any atom is -0.461 e. The number of carbonyl (C=O) groups excluding carboxylic acids is 1. The third-order valence-electron chi connectivity index (χ3n) is 7.09. The topological polar surface area (TPSA) is 155 Å². The first-order valence-electron chi connectivity index (χ1n) is 13.2. The SMILES string of the molecule is C[C@H](CP(=O)(OC[C@H]1O[C@@H](n2ccc(=O)[nH]c2=O)[C@@]2(CCO2)[C@@H]1O)Oc1ccccc1)C(=O)OCc1ccccc1. The molecular weight excluding hydrogens is 555 g/mol. The third-order valence-corrected chi connectivity index (χ3v) is 9.12. The van der Waals surface area contributed by atoms with E-state index < -0.39 is 61.4 Å². The predicted molar refractivity (Wildman–Crippen MR) is 145 cm³/mol. The van der Waals surface area contributed by atoms with Crippen molar-refractivity contribution >= 4 is 13.6 Å². The second-order valence-corrected chi connectivity index (χ2v) is 12.1. The largest absolute Gasteiger partial charge is 0.461 e. The fourth-order valence-electron chi connectivity index (χ4n) is 4.85. The smallest absolute Gasteiger partial charge is 0.380 e. The van der Waals surface area contributed by atoms with Crippen molar-refractivity contribution in [1.82, 2.24) is 9.55 Å². The molecule has 2 fully saturated rings. The number of benzene rings is 2. The summed E-state index contributed by atoms with van der Waals surface area (Å²) in [6.07, 6.45) is -2.04. The molecule has 1 unspecified atom stereocenters. The number of aliphatic hydroxyl groups excluding tert-OH is 1. The van der Waals surface area contributed by atoms with Crippen LogP contribution >= 0.6 is 7.60 Å². The van der Waals surface area contributed by atoms with Gasteiger partial charge < -0.3 is 23.8 Å². The van der Waals surface area contributed by atoms with Crippen molar-refractivity contribution in [3.8, 4) is 5.75 Å². The Morgan fingerprint density at radius 1 is 1.15 bits per heavy atom. The molecule has 0 saturated carbocycles. The monoisotopic (exact) mass is 586 g/mol. The fourth-order valence-corrected chi connectivity index (χ4v) is 6.72. The standard InChI is InChI=1S/C28H31N2O10P/c1-19(25(33)36-16-20-8-4-2-5-9-20)18-41(35,40-21-10-6-3-7-11-21)38-17-22-24(32)28(13-15-37-28)26(39-22)30-14-12-23(31)29-27(30)34/h2-12,14,19,22,24,26,32H,13,15-18H2,1H3,(H,29,31,34)/t19-,22-,24-,26-,28-,41?/m1/s1. The first-order chi connectivity index (χ1) is 19.7. The molecule has 218 valence electrons. The molecular formula is C28H31N2O10P. The molecule has 12 nitrogen and oxygen atoms in total. The van der Waals surface area contributed by atoms with Crippen LogP contribution in [0, 0.1) is 5.92 Å². The summed E-state index contributed by atoms with van der Waals surface area (Å²) >= 11 is 0. The molecule has 1 spiro atoms. The average Bonchev–Trinajstić information content (AvgIpc) is 3.24. The number of hydrogen-bond donors (Lipinski definition) is 2. The quantitative estimate of drug-likeness (QED) is 0.253. The second kappa shape index (κ2) is 12.1. The molecule has 13 heteroatoms. The van der Waals surface area contributed by atoms with Crippen LogP contribution in [0.1, 0.15) is 25.1 Å². The number of aliphatic hydroxyl groups is 1. The summed E-state index contributed by atoms with van der Waals surface area (Å²) in [5, 5.41) is 11.1. The summed E-state index contributed by atoms with van der Waals surface area (Å²) in [6, 6.07) is 18.7. The van der Waals surface area contributed by atoms with Gasteiger partial charge in [-0.1, -0.05) is 55.5 Å². The lowest BCUT2D eigenvalue weighted by Crippen LogP contribution is -2.57. The highest BCUT2D eigenvalue weighted by Crippen LogP contribution is 2.53. The number of aromatic amines is 1. The number of rotatable bonds is 11. The highest BCUT2D eigenvalue weighted by atomic mass is 31.2. The highest BCUT2D eigenvalue weighted by Gasteiger charge is 2.62. The Morgan fingerprint density at radius 2 is 1.83 bits per heavy atom. The normalized spacial score (nSPS) is 25.7. The molecule has 3 aromatic rings. The van der Waals surface area contributed by atoms with E-state index in [0.717, 1.165) is 16.2 Å². The average molecular weight is 587 g/mol. The zero-order chi connectivity index (χ0) is 29.0. The van der Waals surface area contributed by atoms with Gasteiger partial charge in [0.15, 0.2) is 6.23 Å². The maximum atomic E-state index is 14.0. The van der Waals surface area contributed by atoms with Gasteiger partial charge in [0.05, 0.1) is 25.3 Å². The molecule has 2 aliphatic heterocycles. The Bertz CT molecular complexity index is 1510. The number of ether oxygens (including phenoxy) is 3. The molecule has 2 N–H and O–H groups in total. The van der Waals surface area contributed by atoms with Crippen LogP contribution in [0.3, 0.4) is 0 Å². The van der Waals surface area contributed by atoms with Crippen molar-refractivity contribution in [2.75, 3.05) is 19.4 Å². The molecule has 0 radical (unpaired) electrons. The van der Waals surface area contributed by atoms with Crippen LogP contribution in [-0.2, 0) is 34.7 Å². The van der Waals surface area contributed by atoms with Gasteiger partial charge in [0, 0.05) is 18.7 Å². The van der Waals surface area contributed by atoms with Crippen molar-refractivity contribution in [3.63, 3.8) is 0 Å². The van der Waals surface area contributed by atoms with E-state index in [0.29, 0.717) is 13.0 Å². The molecule has 5 rings (SSSR count). The van der Waals surface area contributed by atoms with Crippen LogP contribution in [0.15, 0.2) is 82.5 Å². The number of esters is 1. The Labute approximate surface area is 235 Å². The highest BCUT2D eigenvalue weighted by molar-refractivity contribution is 7.54. The van der Waals surface area contributed by atoms with Gasteiger partial charge in [-0.15, -0.1) is 0 Å². The van der Waals surface area contributed by atoms with Gasteiger partial charge in [0.2, 0.25) is 0 Å². The van der Waals surface area contributed by atoms with Crippen LogP contribution in [-0.4, -0.2) is 57.8 Å². The van der Waals surface area contributed by atoms with Crippen molar-refractivity contribution in [3.05, 3.63) is 99.3 Å². The molecule has 2 aromatic carbocycles. The fraction of sp³-hybridized carbons (Fsp3) is 0.393. The molecule has 0 aliphatic carbocycles. The first-order valence-corrected chi connectivity index (χ1v) is 14.9. The van der Waals surface area contributed by atoms with Gasteiger partial charge in [-0.2, -0.15) is 0 Å². The summed E-state index contributed by atoms with van der Waals surface area (Å²) in [6.45, 7) is 1.57. The van der Waals surface area contributed by atoms with Crippen LogP contribution in [0.4, 0.5) is 0 Å². The molecule has 0 amide bonds. The van der Waals surface area contributed by atoms with Crippen molar-refractivity contribution in [2.45, 2.75) is 44.0 Å². The van der Waals surface area contributed by atoms with E-state index in [-0.39, 0.29) is 18.5 Å². The number of aromatic nitrogens is 2. The molecule has 2 aliphatic rings. The van der Waals surface area contributed by atoms with Crippen LogP contribution in [0.5, 0.6) is 5.75 Å². The van der Waals surface area contributed by atoms with E-state index in [1.54, 1.807) is 37.3 Å². The van der Waals surface area contributed by atoms with Gasteiger partial charge in [-0.05, 0) is 17.7 Å². The van der Waals surface area contributed by atoms with Gasteiger partial charge in [0.25, 0.3) is 5.56 Å². The first kappa shape index (κ1) is 29.0. The number of para-hydroxylation sites is 1. The maximum Gasteiger partial charge on any atom is 0.380 e. The van der Waals surface area contributed by atoms with E-state index in [2.05, 4.69) is 4.98 Å². The molecule has 2 saturated heterocycles. The Morgan fingerprint density at radius 3 is 2.46 bits per heavy atom. The molecule has 1 aromatic heterocycles. The van der Waals surface area contributed by atoms with Crippen molar-refractivity contribution in [2.24, 2.45) is 5.92 Å². The van der Waals surface area contributed by atoms with E-state index in [4.69, 9.17) is 23.3 Å². The summed E-state index contributed by atoms with van der Waals surface area (Å²) < 4.78 is 43.8. The van der Waals surface area contributed by atoms with E-state index >= 15 is 0 Å². The molecule has 41 heavy (non-hydrogen) atoms. The minimum absolute atomic E-state index is 0.0599. The summed E-state index contributed by atoms with van der Waals surface area (Å²) in [5.41, 5.74) is -1.76. The van der Waals surface area contributed by atoms with Gasteiger partial charge in [-0.3, -0.25) is 23.7 Å². The Balaban J connectivity index is 1.30. The van der Waals surface area contributed by atoms with Crippen molar-refractivity contribution in [1.29, 1.82) is 0 Å². The van der Waals surface area contributed by atoms with Crippen molar-refractivity contribution < 1.29 is 37.7 Å². The van der Waals surface area contributed by atoms with Crippen LogP contribution in [0.2, 0.25) is 0 Å². The molecule has 6 atom stereocenters. The van der Waals surface area contributed by atoms with Gasteiger partial charge in [-0.25, -0.2) is 9.36 Å². The predicted octanol–water partition coefficient (Wildman–Crippen LogP) is 2.62. The van der Waals surface area contributed by atoms with E-state index in [1.165, 1.54) is 6.20 Å². The lowest BCUT2D eigenvalue weighted by atomic mass is 9.86. The van der Waals surface area contributed by atoms with Gasteiger partial charge in [0.1, 0.15) is 30.2 Å². The minimum atomic E-state index is -4.01. The number of H-pyrrole nitrogens is 1. The summed E-state index contributed by atoms with van der Waals surface area (Å²) in [4.78, 5) is 38.9. The Hall–Kier alpha value is -3.54. The number of carbonyl (C=O) groups is 1. The number of nitrogens with one attached hydrogen (secondary N) is 1. The zero-order valence-electron chi connectivity index (χ0n) is 22.3. The van der Waals surface area contributed by atoms with E-state index in [1.807, 2.05) is 30.3 Å². The Kier molecular flexibility index (Phi) is 8.58. The lowest BCUT2D eigenvalue weighted by molar-refractivity contribution is -0.227. The summed E-state index contributed by atoms with van der Waals surface area (Å²) in [5.74, 6) is -1.16. The summed E-state index contributed by atoms with van der Waals surface area (Å²) in [7, 11) is -4.01. The van der Waals surface area contributed by atoms with Gasteiger partial charge >= 0.3 is 19.3 Å². The lowest BCUT2D eigenvalue weighted by Gasteiger charge is -2.44.